The van der Waals surface area contributed by atoms with Gasteiger partial charge in [0.2, 0.25) is 5.91 Å². The number of morpholine rings is 1. The summed E-state index contributed by atoms with van der Waals surface area (Å²) in [6, 6.07) is 4.81. The van der Waals surface area contributed by atoms with Crippen molar-refractivity contribution in [2.45, 2.75) is 0 Å². The summed E-state index contributed by atoms with van der Waals surface area (Å²) in [5.74, 6) is -0.787. The van der Waals surface area contributed by atoms with Crippen LogP contribution in [0.5, 0.6) is 11.5 Å². The van der Waals surface area contributed by atoms with Gasteiger partial charge in [-0.2, -0.15) is 0 Å². The van der Waals surface area contributed by atoms with Crippen LogP contribution in [0.4, 0.5) is 4.79 Å². The van der Waals surface area contributed by atoms with Gasteiger partial charge < -0.3 is 24.8 Å². The van der Waals surface area contributed by atoms with Gasteiger partial charge in [-0.3, -0.25) is 24.1 Å². The van der Waals surface area contributed by atoms with E-state index in [1.54, 1.807) is 23.1 Å². The highest BCUT2D eigenvalue weighted by atomic mass is 32.2. The first kappa shape index (κ1) is 21.7. The lowest BCUT2D eigenvalue weighted by Crippen LogP contribution is -2.46. The lowest BCUT2D eigenvalue weighted by atomic mass is 10.2. The molecule has 0 aliphatic carbocycles. The lowest BCUT2D eigenvalue weighted by Gasteiger charge is -2.28. The lowest BCUT2D eigenvalue weighted by molar-refractivity contribution is -0.139. The first-order chi connectivity index (χ1) is 14.4. The number of carbonyl (C=O) groups is 4. The molecule has 1 aromatic carbocycles. The van der Waals surface area contributed by atoms with Crippen molar-refractivity contribution in [2.75, 3.05) is 46.6 Å². The summed E-state index contributed by atoms with van der Waals surface area (Å²) < 4.78 is 15.7. The predicted octanol–water partition coefficient (Wildman–Crippen LogP) is 0.454. The van der Waals surface area contributed by atoms with Gasteiger partial charge in [0.1, 0.15) is 6.54 Å². The third-order valence-electron chi connectivity index (χ3n) is 4.39. The fourth-order valence-electron chi connectivity index (χ4n) is 2.88. The summed E-state index contributed by atoms with van der Waals surface area (Å²) in [6.45, 7) is 1.16. The van der Waals surface area contributed by atoms with Crippen LogP contribution in [-0.2, 0) is 19.1 Å². The van der Waals surface area contributed by atoms with Gasteiger partial charge in [-0.1, -0.05) is 6.07 Å². The zero-order valence-electron chi connectivity index (χ0n) is 16.3. The van der Waals surface area contributed by atoms with Crippen LogP contribution in [0, 0.1) is 0 Å². The first-order valence-electron chi connectivity index (χ1n) is 9.09. The van der Waals surface area contributed by atoms with E-state index >= 15 is 0 Å². The van der Waals surface area contributed by atoms with Crippen molar-refractivity contribution < 1.29 is 33.4 Å². The summed E-state index contributed by atoms with van der Waals surface area (Å²) in [5, 5.41) is -0.499. The maximum absolute atomic E-state index is 12.7. The smallest absolute Gasteiger partial charge is 0.294 e. The van der Waals surface area contributed by atoms with Crippen LogP contribution in [0.1, 0.15) is 5.56 Å². The molecule has 0 atom stereocenters. The van der Waals surface area contributed by atoms with Crippen LogP contribution in [0.2, 0.25) is 0 Å². The summed E-state index contributed by atoms with van der Waals surface area (Å²) in [7, 11) is 1.43. The van der Waals surface area contributed by atoms with Crippen LogP contribution in [0.25, 0.3) is 6.08 Å². The maximum atomic E-state index is 12.7. The van der Waals surface area contributed by atoms with E-state index in [2.05, 4.69) is 0 Å². The number of methoxy groups -OCH3 is 1. The Morgan fingerprint density at radius 1 is 1.23 bits per heavy atom. The molecule has 10 nitrogen and oxygen atoms in total. The van der Waals surface area contributed by atoms with Crippen molar-refractivity contribution in [1.82, 2.24) is 9.80 Å². The second-order valence-corrected chi connectivity index (χ2v) is 7.42. The molecule has 0 saturated carbocycles. The molecular weight excluding hydrogens is 414 g/mol. The van der Waals surface area contributed by atoms with Gasteiger partial charge in [0.25, 0.3) is 17.1 Å². The minimum absolute atomic E-state index is 0.197. The largest absolute Gasteiger partial charge is 0.493 e. The molecule has 4 amide bonds. The molecule has 11 heteroatoms. The van der Waals surface area contributed by atoms with Gasteiger partial charge in [-0.25, -0.2) is 0 Å². The molecule has 1 aromatic rings. The molecule has 0 radical (unpaired) electrons. The second-order valence-electron chi connectivity index (χ2n) is 6.43. The van der Waals surface area contributed by atoms with Crippen molar-refractivity contribution >= 4 is 40.8 Å². The quantitative estimate of drug-likeness (QED) is 0.612. The van der Waals surface area contributed by atoms with Crippen LogP contribution in [-0.4, -0.2) is 79.3 Å². The number of nitrogens with zero attached hydrogens (tertiary/aromatic N) is 2. The van der Waals surface area contributed by atoms with E-state index in [0.29, 0.717) is 43.4 Å². The minimum atomic E-state index is -0.624. The maximum Gasteiger partial charge on any atom is 0.294 e. The molecule has 0 aromatic heterocycles. The molecule has 2 N–H and O–H groups in total. The molecule has 2 fully saturated rings. The monoisotopic (exact) mass is 435 g/mol. The molecule has 2 saturated heterocycles. The van der Waals surface area contributed by atoms with Crippen LogP contribution in [0.3, 0.4) is 0 Å². The Hall–Kier alpha value is -3.05. The third-order valence-corrected chi connectivity index (χ3v) is 5.29. The number of hydrogen-bond donors (Lipinski definition) is 1. The number of amides is 4. The average molecular weight is 435 g/mol. The summed E-state index contributed by atoms with van der Waals surface area (Å²) in [6.07, 6.45) is 1.53. The first-order valence-corrected chi connectivity index (χ1v) is 9.90. The van der Waals surface area contributed by atoms with Gasteiger partial charge in [-0.05, 0) is 35.5 Å². The number of ether oxygens (including phenoxy) is 3. The minimum Gasteiger partial charge on any atom is -0.493 e. The van der Waals surface area contributed by atoms with Crippen molar-refractivity contribution in [3.63, 3.8) is 0 Å². The number of primary amides is 1. The normalized spacial score (nSPS) is 18.1. The van der Waals surface area contributed by atoms with E-state index in [1.807, 2.05) is 0 Å². The topological polar surface area (TPSA) is 128 Å². The summed E-state index contributed by atoms with van der Waals surface area (Å²) >= 11 is 0.767. The Balaban J connectivity index is 1.71. The van der Waals surface area contributed by atoms with Gasteiger partial charge in [-0.15, -0.1) is 0 Å². The molecule has 0 unspecified atom stereocenters. The van der Waals surface area contributed by atoms with E-state index in [9.17, 15) is 19.2 Å². The third kappa shape index (κ3) is 5.10. The molecule has 30 heavy (non-hydrogen) atoms. The van der Waals surface area contributed by atoms with Gasteiger partial charge in [0.15, 0.2) is 18.1 Å². The van der Waals surface area contributed by atoms with E-state index in [4.69, 9.17) is 19.9 Å². The standard InChI is InChI=1S/C19H21N3O7S/c1-27-14-8-12(2-3-13(14)29-11-16(20)23)9-15-18(25)22(19(26)30-15)10-17(24)21-4-6-28-7-5-21/h2-3,8-9H,4-7,10-11H2,1H3,(H2,20,23)/b15-9-. The van der Waals surface area contributed by atoms with Crippen molar-refractivity contribution in [2.24, 2.45) is 5.73 Å². The van der Waals surface area contributed by atoms with Crippen molar-refractivity contribution in [1.29, 1.82) is 0 Å². The SMILES string of the molecule is COc1cc(/C=C2\SC(=O)N(CC(=O)N3CCOCC3)C2=O)ccc1OCC(N)=O. The van der Waals surface area contributed by atoms with E-state index in [-0.39, 0.29) is 24.0 Å². The highest BCUT2D eigenvalue weighted by Gasteiger charge is 2.37. The fourth-order valence-corrected chi connectivity index (χ4v) is 3.72. The Bertz CT molecular complexity index is 896. The number of benzene rings is 1. The van der Waals surface area contributed by atoms with Crippen molar-refractivity contribution in [3.05, 3.63) is 28.7 Å². The van der Waals surface area contributed by atoms with Crippen LogP contribution in [0.15, 0.2) is 23.1 Å². The Labute approximate surface area is 176 Å². The fraction of sp³-hybridized carbons (Fsp3) is 0.368. The molecule has 2 aliphatic rings. The van der Waals surface area contributed by atoms with E-state index in [1.165, 1.54) is 13.2 Å². The number of nitrogens with two attached hydrogens (primary N) is 1. The molecule has 0 bridgehead atoms. The van der Waals surface area contributed by atoms with Crippen LogP contribution < -0.4 is 15.2 Å². The van der Waals surface area contributed by atoms with Gasteiger partial charge in [0, 0.05) is 13.1 Å². The Morgan fingerprint density at radius 2 is 1.97 bits per heavy atom. The highest BCUT2D eigenvalue weighted by Crippen LogP contribution is 2.34. The zero-order valence-corrected chi connectivity index (χ0v) is 17.1. The number of carbonyl (C=O) groups excluding carboxylic acids is 4. The van der Waals surface area contributed by atoms with Crippen molar-refractivity contribution in [3.8, 4) is 11.5 Å². The molecule has 2 aliphatic heterocycles. The molecule has 3 rings (SSSR count). The molecule has 0 spiro atoms. The molecular formula is C19H21N3O7S. The van der Waals surface area contributed by atoms with Crippen LogP contribution >= 0.6 is 11.8 Å². The predicted molar refractivity (Wildman–Crippen MR) is 108 cm³/mol. The number of thioether (sulfide) groups is 1. The Kier molecular flexibility index (Phi) is 6.95. The average Bonchev–Trinajstić information content (AvgIpc) is 3.00. The van der Waals surface area contributed by atoms with E-state index < -0.39 is 17.1 Å². The number of imide groups is 1. The summed E-state index contributed by atoms with van der Waals surface area (Å²) in [5.41, 5.74) is 5.66. The Morgan fingerprint density at radius 3 is 2.63 bits per heavy atom. The molecule has 2 heterocycles. The van der Waals surface area contributed by atoms with Gasteiger partial charge in [0.05, 0.1) is 25.2 Å². The van der Waals surface area contributed by atoms with Gasteiger partial charge >= 0.3 is 0 Å². The van der Waals surface area contributed by atoms with E-state index in [0.717, 1.165) is 16.7 Å². The molecule has 160 valence electrons. The number of hydrogen-bond acceptors (Lipinski definition) is 8. The summed E-state index contributed by atoms with van der Waals surface area (Å²) in [4.78, 5) is 50.9. The highest BCUT2D eigenvalue weighted by molar-refractivity contribution is 8.18. The zero-order chi connectivity index (χ0) is 21.7. The second kappa shape index (κ2) is 9.63. The number of rotatable bonds is 7.